The van der Waals surface area contributed by atoms with Crippen molar-refractivity contribution in [1.29, 1.82) is 0 Å². The number of imidazole rings is 1. The van der Waals surface area contributed by atoms with E-state index < -0.39 is 60.4 Å². The normalized spacial score (nSPS) is 13.7. The quantitative estimate of drug-likeness (QED) is 0.118. The van der Waals surface area contributed by atoms with Crippen molar-refractivity contribution in [3.05, 3.63) is 248 Å². The summed E-state index contributed by atoms with van der Waals surface area (Å²) in [6.45, 7) is 6.57. The van der Waals surface area contributed by atoms with E-state index in [1.165, 1.54) is 0 Å². The fourth-order valence-electron chi connectivity index (χ4n) is 9.94. The van der Waals surface area contributed by atoms with Gasteiger partial charge in [-0.3, -0.25) is 4.57 Å². The Morgan fingerprint density at radius 2 is 1.11 bits per heavy atom. The van der Waals surface area contributed by atoms with Gasteiger partial charge in [-0.2, -0.15) is 18.2 Å². The third-order valence-electron chi connectivity index (χ3n) is 13.2. The molecule has 348 valence electrons. The molecule has 0 unspecified atom stereocenters. The molecule has 0 N–H and O–H groups in total. The van der Waals surface area contributed by atoms with Crippen LogP contribution >= 0.6 is 0 Å². The molecule has 13 rings (SSSR count). The molecule has 12 aromatic rings. The van der Waals surface area contributed by atoms with Crippen LogP contribution in [0.4, 0.5) is 0 Å². The number of aromatic nitrogens is 4. The zero-order valence-corrected chi connectivity index (χ0v) is 41.4. The maximum Gasteiger partial charge on any atom is 0.268 e. The van der Waals surface area contributed by atoms with Gasteiger partial charge in [-0.05, 0) is 84.4 Å². The molecular weight excluding hydrogens is 1060 g/mol. The molecule has 9 aromatic carbocycles. The number of fused-ring (bicyclic) bond motifs is 11. The molecule has 5 nitrogen and oxygen atoms in total. The number of ether oxygens (including phenoxy) is 1. The Morgan fingerprint density at radius 1 is 0.556 bits per heavy atom. The van der Waals surface area contributed by atoms with E-state index in [2.05, 4.69) is 135 Å². The van der Waals surface area contributed by atoms with Crippen LogP contribution in [0.2, 0.25) is 0 Å². The summed E-state index contributed by atoms with van der Waals surface area (Å²) >= 11 is 0. The van der Waals surface area contributed by atoms with Gasteiger partial charge in [0.1, 0.15) is 5.82 Å². The molecule has 0 radical (unpaired) electrons. The molecule has 0 fully saturated rings. The summed E-state index contributed by atoms with van der Waals surface area (Å²) < 4.78 is 100. The Balaban J connectivity index is 0.00000665. The number of nitrogens with zero attached hydrogens (tertiary/aromatic N) is 4. The first-order valence-corrected chi connectivity index (χ1v) is 23.3. The minimum absolute atomic E-state index is 0. The van der Waals surface area contributed by atoms with Gasteiger partial charge in [0.05, 0.1) is 30.4 Å². The van der Waals surface area contributed by atoms with Gasteiger partial charge in [0, 0.05) is 50.0 Å². The average Bonchev–Trinajstić information content (AvgIpc) is 4.23. The van der Waals surface area contributed by atoms with Gasteiger partial charge in [0.15, 0.2) is 0 Å². The summed E-state index contributed by atoms with van der Waals surface area (Å²) in [5.41, 5.74) is 12.0. The second kappa shape index (κ2) is 18.1. The van der Waals surface area contributed by atoms with Crippen molar-refractivity contribution >= 4 is 21.9 Å². The molecule has 3 heterocycles. The molecule has 0 aliphatic heterocycles. The molecule has 0 bridgehead atoms. The summed E-state index contributed by atoms with van der Waals surface area (Å²) in [5, 5.41) is 0.949. The van der Waals surface area contributed by atoms with E-state index in [1.54, 1.807) is 33.4 Å². The Bertz CT molecular complexity index is 4500. The number of para-hydroxylation sites is 3. The summed E-state index contributed by atoms with van der Waals surface area (Å²) in [5.74, 6) is 1.48. The predicted molar refractivity (Wildman–Crippen MR) is 287 cm³/mol. The fourth-order valence-corrected chi connectivity index (χ4v) is 9.94. The monoisotopic (exact) mass is 1120 g/mol. The van der Waals surface area contributed by atoms with Gasteiger partial charge in [-0.25, -0.2) is 4.98 Å². The second-order valence-corrected chi connectivity index (χ2v) is 18.4. The van der Waals surface area contributed by atoms with Crippen molar-refractivity contribution in [2.24, 2.45) is 0 Å². The first-order chi connectivity index (χ1) is 39.0. The van der Waals surface area contributed by atoms with Gasteiger partial charge in [-0.15, -0.1) is 29.7 Å². The molecule has 6 heteroatoms. The molecule has 0 saturated heterocycles. The molecule has 3 aromatic heterocycles. The van der Waals surface area contributed by atoms with Crippen molar-refractivity contribution in [1.82, 2.24) is 14.1 Å². The van der Waals surface area contributed by atoms with Crippen LogP contribution in [-0.2, 0) is 26.5 Å². The van der Waals surface area contributed by atoms with Crippen molar-refractivity contribution in [2.45, 2.75) is 26.2 Å². The standard InChI is InChI=1S/C66H46N4O.Pt/c1-66(2,3)46-38-39-67-62(40-46)70-61-42-49(36-37-58(61)63-56-30-14-12-28-54(56)52-26-10-11-27-53(52)55-29-13-15-31-57(55)65(63)70)71-48-25-18-24-47(41-48)68-43-69(60-35-17-16-34-59(60)68)64-50(44-20-6-4-7-21-44)32-19-33-51(64)45-22-8-5-9-23-45;/h4-40H,1-3H3;/q-2;/i4D,5D,6D,7D,8D,9D,20D,21D,22D,23D;. The zero-order valence-electron chi connectivity index (χ0n) is 49.1. The fraction of sp³-hybridized carbons (Fsp3) is 0.0606. The van der Waals surface area contributed by atoms with Crippen LogP contribution in [0.1, 0.15) is 40.0 Å². The van der Waals surface area contributed by atoms with E-state index in [9.17, 15) is 0 Å². The summed E-state index contributed by atoms with van der Waals surface area (Å²) in [6.07, 6.45) is 5.31. The number of pyridine rings is 1. The molecule has 0 amide bonds. The smallest absolute Gasteiger partial charge is 0.268 e. The van der Waals surface area contributed by atoms with Crippen molar-refractivity contribution < 1.29 is 44.1 Å². The van der Waals surface area contributed by atoms with Gasteiger partial charge in [0.2, 0.25) is 0 Å². The van der Waals surface area contributed by atoms with E-state index in [0.717, 1.165) is 66.9 Å². The second-order valence-electron chi connectivity index (χ2n) is 18.4. The van der Waals surface area contributed by atoms with Crippen LogP contribution in [0, 0.1) is 18.5 Å². The maximum absolute atomic E-state index is 9.09. The zero-order chi connectivity index (χ0) is 56.3. The Hall–Kier alpha value is -8.37. The van der Waals surface area contributed by atoms with E-state index in [-0.39, 0.29) is 54.4 Å². The maximum atomic E-state index is 9.09. The first-order valence-electron chi connectivity index (χ1n) is 28.3. The summed E-state index contributed by atoms with van der Waals surface area (Å²) in [4.78, 5) is 5.07. The number of hydrogen-bond acceptors (Lipinski definition) is 2. The minimum Gasteiger partial charge on any atom is -0.510 e. The number of rotatable bonds is 7. The molecule has 0 atom stereocenters. The molecule has 1 aliphatic carbocycles. The Kier molecular flexibility index (Phi) is 8.76. The van der Waals surface area contributed by atoms with Crippen LogP contribution in [0.5, 0.6) is 11.5 Å². The van der Waals surface area contributed by atoms with Gasteiger partial charge < -0.3 is 13.9 Å². The Morgan fingerprint density at radius 3 is 1.78 bits per heavy atom. The third kappa shape index (κ3) is 7.60. The van der Waals surface area contributed by atoms with Gasteiger partial charge >= 0.3 is 0 Å². The van der Waals surface area contributed by atoms with Crippen LogP contribution in [0.25, 0.3) is 106 Å². The van der Waals surface area contributed by atoms with Crippen molar-refractivity contribution in [3.63, 3.8) is 0 Å². The van der Waals surface area contributed by atoms with E-state index in [0.29, 0.717) is 28.2 Å². The Labute approximate surface area is 448 Å². The van der Waals surface area contributed by atoms with E-state index >= 15 is 0 Å². The number of hydrogen-bond donors (Lipinski definition) is 0. The summed E-state index contributed by atoms with van der Waals surface area (Å²) in [6, 6.07) is 53.2. The minimum atomic E-state index is -0.576. The molecule has 72 heavy (non-hydrogen) atoms. The van der Waals surface area contributed by atoms with Crippen molar-refractivity contribution in [2.75, 3.05) is 0 Å². The topological polar surface area (TPSA) is 35.9 Å². The van der Waals surface area contributed by atoms with Gasteiger partial charge in [0.25, 0.3) is 6.33 Å². The number of benzene rings is 9. The molecule has 1 aliphatic rings. The summed E-state index contributed by atoms with van der Waals surface area (Å²) in [7, 11) is 0. The van der Waals surface area contributed by atoms with Gasteiger partial charge in [-0.1, -0.05) is 202 Å². The average molecular weight is 1120 g/mol. The third-order valence-corrected chi connectivity index (χ3v) is 13.2. The van der Waals surface area contributed by atoms with E-state index in [1.807, 2.05) is 48.7 Å². The molecular formula is C66H46N4OPt-2. The largest absolute Gasteiger partial charge is 0.510 e. The van der Waals surface area contributed by atoms with Crippen LogP contribution in [-0.4, -0.2) is 14.1 Å². The molecule has 0 spiro atoms. The molecule has 0 saturated carbocycles. The van der Waals surface area contributed by atoms with Crippen LogP contribution in [0.15, 0.2) is 224 Å². The first kappa shape index (κ1) is 34.8. The SMILES string of the molecule is [2H]c1c([2H])c([2H])c(-c2cccc(-c3c([2H])c([2H])c([2H])c([2H])c3[2H])c2-[n+]2[c-]n(-c3[c-]c(Oc4[c-]c5c(cc4)c4c(n5-c5cc(C(C)(C)C)ccn5)-c5ccccc5-c5ccccc5-c5ccccc5-4)ccc3)c3ccccc32)c([2H])c1[2H].[Pt]. The van der Waals surface area contributed by atoms with E-state index in [4.69, 9.17) is 23.4 Å². The van der Waals surface area contributed by atoms with Crippen LogP contribution < -0.4 is 9.30 Å². The van der Waals surface area contributed by atoms with Crippen LogP contribution in [0.3, 0.4) is 0 Å². The van der Waals surface area contributed by atoms with Crippen molar-refractivity contribution in [3.8, 4) is 95.6 Å². The predicted octanol–water partition coefficient (Wildman–Crippen LogP) is 16.0.